The van der Waals surface area contributed by atoms with Crippen LogP contribution in [0.2, 0.25) is 0 Å². The SMILES string of the molecule is CC1=CC(C)(C#N)C=CC1=O. The average Bonchev–Trinajstić information content (AvgIpc) is 1.98. The van der Waals surface area contributed by atoms with Gasteiger partial charge >= 0.3 is 0 Å². The van der Waals surface area contributed by atoms with Crippen LogP contribution in [0, 0.1) is 16.7 Å². The second-order valence-electron chi connectivity index (χ2n) is 2.92. The minimum Gasteiger partial charge on any atom is -0.290 e. The van der Waals surface area contributed by atoms with Gasteiger partial charge in [-0.2, -0.15) is 5.26 Å². The number of ketones is 1. The molecule has 0 amide bonds. The molecule has 1 aliphatic rings. The van der Waals surface area contributed by atoms with E-state index in [1.807, 2.05) is 0 Å². The van der Waals surface area contributed by atoms with Crippen LogP contribution in [0.25, 0.3) is 0 Å². The van der Waals surface area contributed by atoms with Crippen molar-refractivity contribution in [3.63, 3.8) is 0 Å². The van der Waals surface area contributed by atoms with E-state index in [1.54, 1.807) is 26.0 Å². The lowest BCUT2D eigenvalue weighted by Crippen LogP contribution is -2.14. The maximum atomic E-state index is 10.9. The Morgan fingerprint density at radius 1 is 1.64 bits per heavy atom. The van der Waals surface area contributed by atoms with E-state index < -0.39 is 5.41 Å². The molecule has 0 fully saturated rings. The Bertz CT molecular complexity index is 293. The molecule has 11 heavy (non-hydrogen) atoms. The Balaban J connectivity index is 3.05. The highest BCUT2D eigenvalue weighted by atomic mass is 16.1. The summed E-state index contributed by atoms with van der Waals surface area (Å²) in [5, 5.41) is 8.70. The highest BCUT2D eigenvalue weighted by Gasteiger charge is 2.22. The van der Waals surface area contributed by atoms with Crippen LogP contribution in [0.5, 0.6) is 0 Å². The first-order valence-corrected chi connectivity index (χ1v) is 3.42. The molecule has 0 aromatic heterocycles. The lowest BCUT2D eigenvalue weighted by Gasteiger charge is -2.15. The molecule has 0 aromatic rings. The van der Waals surface area contributed by atoms with Crippen LogP contribution in [-0.2, 0) is 4.79 Å². The van der Waals surface area contributed by atoms with E-state index >= 15 is 0 Å². The molecule has 1 atom stereocenters. The number of allylic oxidation sites excluding steroid dienone is 4. The van der Waals surface area contributed by atoms with Crippen LogP contribution < -0.4 is 0 Å². The van der Waals surface area contributed by atoms with Gasteiger partial charge in [-0.05, 0) is 25.5 Å². The van der Waals surface area contributed by atoms with Crippen molar-refractivity contribution >= 4 is 5.78 Å². The van der Waals surface area contributed by atoms with Crippen molar-refractivity contribution in [3.8, 4) is 6.07 Å². The second kappa shape index (κ2) is 2.35. The highest BCUT2D eigenvalue weighted by Crippen LogP contribution is 2.25. The fraction of sp³-hybridized carbons (Fsp3) is 0.333. The van der Waals surface area contributed by atoms with E-state index in [0.717, 1.165) is 0 Å². The fourth-order valence-corrected chi connectivity index (χ4v) is 1.02. The summed E-state index contributed by atoms with van der Waals surface area (Å²) >= 11 is 0. The molecule has 0 aliphatic heterocycles. The van der Waals surface area contributed by atoms with Crippen LogP contribution in [-0.4, -0.2) is 5.78 Å². The lowest BCUT2D eigenvalue weighted by molar-refractivity contribution is -0.111. The smallest absolute Gasteiger partial charge is 0.181 e. The Hall–Kier alpha value is -1.36. The largest absolute Gasteiger partial charge is 0.290 e. The van der Waals surface area contributed by atoms with Gasteiger partial charge in [0.2, 0.25) is 0 Å². The van der Waals surface area contributed by atoms with Crippen molar-refractivity contribution in [1.29, 1.82) is 5.26 Å². The highest BCUT2D eigenvalue weighted by molar-refractivity contribution is 6.04. The summed E-state index contributed by atoms with van der Waals surface area (Å²) in [6, 6.07) is 2.12. The van der Waals surface area contributed by atoms with Gasteiger partial charge in [0.05, 0.1) is 11.5 Å². The van der Waals surface area contributed by atoms with E-state index in [1.165, 1.54) is 6.08 Å². The van der Waals surface area contributed by atoms with Gasteiger partial charge in [-0.1, -0.05) is 12.2 Å². The molecule has 1 unspecified atom stereocenters. The minimum absolute atomic E-state index is 0.00211. The van der Waals surface area contributed by atoms with E-state index in [2.05, 4.69) is 6.07 Å². The molecule has 0 spiro atoms. The first kappa shape index (κ1) is 7.74. The normalized spacial score (nSPS) is 29.5. The molecule has 56 valence electrons. The predicted octanol–water partition coefficient (Wildman–Crippen LogP) is 1.60. The van der Waals surface area contributed by atoms with Crippen LogP contribution in [0.3, 0.4) is 0 Å². The Kier molecular flexibility index (Phi) is 1.66. The molecule has 0 N–H and O–H groups in total. The molecular weight excluding hydrogens is 138 g/mol. The molecule has 0 aromatic carbocycles. The predicted molar refractivity (Wildman–Crippen MR) is 41.6 cm³/mol. The summed E-state index contributed by atoms with van der Waals surface area (Å²) in [7, 11) is 0. The monoisotopic (exact) mass is 147 g/mol. The van der Waals surface area contributed by atoms with E-state index in [9.17, 15) is 4.79 Å². The summed E-state index contributed by atoms with van der Waals surface area (Å²) in [6.07, 6.45) is 4.77. The quantitative estimate of drug-likeness (QED) is 0.522. The Morgan fingerprint density at radius 2 is 2.27 bits per heavy atom. The summed E-state index contributed by atoms with van der Waals surface area (Å²) in [5.41, 5.74) is 0.0643. The molecule has 0 radical (unpaired) electrons. The van der Waals surface area contributed by atoms with Gasteiger partial charge in [-0.15, -0.1) is 0 Å². The van der Waals surface area contributed by atoms with Crippen molar-refractivity contribution in [2.75, 3.05) is 0 Å². The summed E-state index contributed by atoms with van der Waals surface area (Å²) in [6.45, 7) is 3.50. The average molecular weight is 147 g/mol. The third-order valence-electron chi connectivity index (χ3n) is 1.73. The van der Waals surface area contributed by atoms with Gasteiger partial charge < -0.3 is 0 Å². The number of rotatable bonds is 0. The lowest BCUT2D eigenvalue weighted by atomic mass is 9.85. The minimum atomic E-state index is -0.585. The number of nitriles is 1. The van der Waals surface area contributed by atoms with Gasteiger partial charge in [0, 0.05) is 0 Å². The first-order valence-electron chi connectivity index (χ1n) is 3.42. The maximum Gasteiger partial charge on any atom is 0.181 e. The summed E-state index contributed by atoms with van der Waals surface area (Å²) in [4.78, 5) is 10.9. The number of carbonyl (C=O) groups is 1. The van der Waals surface area contributed by atoms with Crippen LogP contribution in [0.1, 0.15) is 13.8 Å². The van der Waals surface area contributed by atoms with Gasteiger partial charge in [0.25, 0.3) is 0 Å². The molecule has 2 heteroatoms. The van der Waals surface area contributed by atoms with Crippen molar-refractivity contribution in [2.45, 2.75) is 13.8 Å². The fourth-order valence-electron chi connectivity index (χ4n) is 1.02. The van der Waals surface area contributed by atoms with Crippen LogP contribution in [0.4, 0.5) is 0 Å². The molecule has 0 heterocycles. The Labute approximate surface area is 65.8 Å². The first-order chi connectivity index (χ1) is 5.07. The van der Waals surface area contributed by atoms with Gasteiger partial charge in [-0.25, -0.2) is 0 Å². The standard InChI is InChI=1S/C9H9NO/c1-7-5-9(2,6-10)4-3-8(7)11/h3-5H,1-2H3. The molecule has 1 rings (SSSR count). The maximum absolute atomic E-state index is 10.9. The Morgan fingerprint density at radius 3 is 2.73 bits per heavy atom. The van der Waals surface area contributed by atoms with Crippen molar-refractivity contribution < 1.29 is 4.79 Å². The number of carbonyl (C=O) groups excluding carboxylic acids is 1. The third-order valence-corrected chi connectivity index (χ3v) is 1.73. The van der Waals surface area contributed by atoms with Crippen molar-refractivity contribution in [2.24, 2.45) is 5.41 Å². The molecule has 2 nitrogen and oxygen atoms in total. The van der Waals surface area contributed by atoms with Crippen LogP contribution in [0.15, 0.2) is 23.8 Å². The van der Waals surface area contributed by atoms with Gasteiger partial charge in [0.15, 0.2) is 5.78 Å². The van der Waals surface area contributed by atoms with Gasteiger partial charge in [-0.3, -0.25) is 4.79 Å². The number of hydrogen-bond donors (Lipinski definition) is 0. The molecule has 0 saturated heterocycles. The zero-order valence-electron chi connectivity index (χ0n) is 6.59. The third kappa shape index (κ3) is 1.38. The van der Waals surface area contributed by atoms with Crippen molar-refractivity contribution in [3.05, 3.63) is 23.8 Å². The van der Waals surface area contributed by atoms with Crippen LogP contribution >= 0.6 is 0 Å². The van der Waals surface area contributed by atoms with Gasteiger partial charge in [0.1, 0.15) is 0 Å². The zero-order chi connectivity index (χ0) is 8.48. The summed E-state index contributed by atoms with van der Waals surface area (Å²) < 4.78 is 0. The molecule has 1 aliphatic carbocycles. The van der Waals surface area contributed by atoms with E-state index in [-0.39, 0.29) is 5.78 Å². The molecule has 0 bridgehead atoms. The number of nitrogens with zero attached hydrogens (tertiary/aromatic N) is 1. The second-order valence-corrected chi connectivity index (χ2v) is 2.92. The van der Waals surface area contributed by atoms with E-state index in [0.29, 0.717) is 5.57 Å². The van der Waals surface area contributed by atoms with Crippen molar-refractivity contribution in [1.82, 2.24) is 0 Å². The van der Waals surface area contributed by atoms with E-state index in [4.69, 9.17) is 5.26 Å². The zero-order valence-corrected chi connectivity index (χ0v) is 6.59. The molecular formula is C9H9NO. The molecule has 0 saturated carbocycles. The number of hydrogen-bond acceptors (Lipinski definition) is 2. The topological polar surface area (TPSA) is 40.9 Å². The summed E-state index contributed by atoms with van der Waals surface area (Å²) in [5.74, 6) is -0.00211.